The third kappa shape index (κ3) is 2.31. The number of nitrogens with zero attached hydrogens (tertiary/aromatic N) is 4. The van der Waals surface area contributed by atoms with Crippen molar-refractivity contribution >= 4 is 23.4 Å². The number of aromatic nitrogens is 2. The highest BCUT2D eigenvalue weighted by atomic mass is 35.5. The molecule has 0 radical (unpaired) electrons. The van der Waals surface area contributed by atoms with Crippen LogP contribution in [0.2, 0.25) is 5.28 Å². The van der Waals surface area contributed by atoms with Crippen molar-refractivity contribution in [3.63, 3.8) is 0 Å². The Hall–Kier alpha value is -1.60. The summed E-state index contributed by atoms with van der Waals surface area (Å²) in [5, 5.41) is 0.122. The first-order valence-electron chi connectivity index (χ1n) is 6.07. The van der Waals surface area contributed by atoms with Gasteiger partial charge in [-0.25, -0.2) is 14.8 Å². The number of ether oxygens (including phenoxy) is 1. The first-order valence-corrected chi connectivity index (χ1v) is 6.45. The molecule has 19 heavy (non-hydrogen) atoms. The highest BCUT2D eigenvalue weighted by Gasteiger charge is 2.30. The number of urea groups is 1. The molecule has 0 bridgehead atoms. The van der Waals surface area contributed by atoms with Crippen LogP contribution in [0.4, 0.5) is 10.6 Å². The number of morpholine rings is 1. The molecule has 3 rings (SSSR count). The van der Waals surface area contributed by atoms with Gasteiger partial charge in [0.2, 0.25) is 5.28 Å². The maximum absolute atomic E-state index is 12.3. The Bertz CT molecular complexity index is 518. The maximum atomic E-state index is 12.3. The summed E-state index contributed by atoms with van der Waals surface area (Å²) >= 11 is 5.77. The Labute approximate surface area is 115 Å². The van der Waals surface area contributed by atoms with E-state index in [1.54, 1.807) is 9.80 Å². The van der Waals surface area contributed by atoms with Crippen molar-refractivity contribution in [2.45, 2.75) is 13.1 Å². The van der Waals surface area contributed by atoms with Crippen molar-refractivity contribution in [1.29, 1.82) is 0 Å². The number of carbonyl (C=O) groups is 1. The number of hydrogen-bond donors (Lipinski definition) is 1. The standard InChI is InChI=1S/C11H14ClN5O2/c12-10-14-8-6-17(5-7(8)9(13)15-10)11(18)16-1-3-19-4-2-16/h1-6H2,(H2,13,14,15). The molecular weight excluding hydrogens is 270 g/mol. The van der Waals surface area contributed by atoms with E-state index >= 15 is 0 Å². The fourth-order valence-corrected chi connectivity index (χ4v) is 2.53. The molecule has 2 aliphatic rings. The van der Waals surface area contributed by atoms with Gasteiger partial charge in [0.1, 0.15) is 5.82 Å². The van der Waals surface area contributed by atoms with Gasteiger partial charge in [0.05, 0.1) is 32.0 Å². The van der Waals surface area contributed by atoms with Gasteiger partial charge in [0, 0.05) is 18.7 Å². The van der Waals surface area contributed by atoms with Crippen molar-refractivity contribution in [1.82, 2.24) is 19.8 Å². The second kappa shape index (κ2) is 4.82. The number of fused-ring (bicyclic) bond motifs is 1. The maximum Gasteiger partial charge on any atom is 0.320 e. The molecule has 0 aliphatic carbocycles. The molecule has 0 aromatic carbocycles. The lowest BCUT2D eigenvalue weighted by molar-refractivity contribution is 0.0429. The summed E-state index contributed by atoms with van der Waals surface area (Å²) in [6, 6.07) is -0.0168. The first-order chi connectivity index (χ1) is 9.15. The van der Waals surface area contributed by atoms with Crippen LogP contribution in [0.25, 0.3) is 0 Å². The van der Waals surface area contributed by atoms with Gasteiger partial charge in [-0.1, -0.05) is 0 Å². The van der Waals surface area contributed by atoms with Crippen LogP contribution in [-0.4, -0.2) is 52.1 Å². The molecule has 1 fully saturated rings. The lowest BCUT2D eigenvalue weighted by Crippen LogP contribution is -2.46. The molecule has 1 aromatic heterocycles. The zero-order valence-corrected chi connectivity index (χ0v) is 11.1. The highest BCUT2D eigenvalue weighted by molar-refractivity contribution is 6.28. The van der Waals surface area contributed by atoms with Crippen LogP contribution < -0.4 is 5.73 Å². The number of anilines is 1. The summed E-state index contributed by atoms with van der Waals surface area (Å²) in [6.07, 6.45) is 0. The van der Waals surface area contributed by atoms with Gasteiger partial charge < -0.3 is 20.3 Å². The molecule has 1 aromatic rings. The van der Waals surface area contributed by atoms with Gasteiger partial charge in [-0.15, -0.1) is 0 Å². The third-order valence-electron chi connectivity index (χ3n) is 3.34. The first kappa shape index (κ1) is 12.4. The summed E-state index contributed by atoms with van der Waals surface area (Å²) in [5.74, 6) is 0.354. The molecule has 0 unspecified atom stereocenters. The van der Waals surface area contributed by atoms with E-state index in [0.717, 1.165) is 11.3 Å². The fraction of sp³-hybridized carbons (Fsp3) is 0.545. The molecule has 0 spiro atoms. The van der Waals surface area contributed by atoms with Crippen LogP contribution in [-0.2, 0) is 17.8 Å². The van der Waals surface area contributed by atoms with Gasteiger partial charge in [0.15, 0.2) is 0 Å². The minimum atomic E-state index is -0.0168. The zero-order valence-electron chi connectivity index (χ0n) is 10.3. The topological polar surface area (TPSA) is 84.6 Å². The highest BCUT2D eigenvalue weighted by Crippen LogP contribution is 2.27. The summed E-state index contributed by atoms with van der Waals surface area (Å²) in [6.45, 7) is 3.27. The molecule has 8 heteroatoms. The third-order valence-corrected chi connectivity index (χ3v) is 3.51. The molecule has 0 atom stereocenters. The van der Waals surface area contributed by atoms with Gasteiger partial charge in [0.25, 0.3) is 0 Å². The number of carbonyl (C=O) groups excluding carboxylic acids is 1. The fourth-order valence-electron chi connectivity index (χ4n) is 2.34. The Morgan fingerprint density at radius 1 is 1.21 bits per heavy atom. The van der Waals surface area contributed by atoms with E-state index in [4.69, 9.17) is 22.1 Å². The van der Waals surface area contributed by atoms with Crippen LogP contribution in [0.1, 0.15) is 11.3 Å². The molecular formula is C11H14ClN5O2. The number of halogens is 1. The lowest BCUT2D eigenvalue weighted by Gasteiger charge is -2.30. The van der Waals surface area contributed by atoms with Crippen molar-refractivity contribution in [2.75, 3.05) is 32.0 Å². The summed E-state index contributed by atoms with van der Waals surface area (Å²) in [7, 11) is 0. The number of rotatable bonds is 0. The van der Waals surface area contributed by atoms with Gasteiger partial charge >= 0.3 is 6.03 Å². The van der Waals surface area contributed by atoms with Crippen molar-refractivity contribution in [3.05, 3.63) is 16.5 Å². The van der Waals surface area contributed by atoms with Crippen molar-refractivity contribution < 1.29 is 9.53 Å². The minimum absolute atomic E-state index is 0.0168. The second-order valence-corrected chi connectivity index (χ2v) is 4.88. The number of amides is 2. The van der Waals surface area contributed by atoms with Gasteiger partial charge in [-0.2, -0.15) is 0 Å². The van der Waals surface area contributed by atoms with Crippen LogP contribution in [0.15, 0.2) is 0 Å². The van der Waals surface area contributed by atoms with E-state index in [9.17, 15) is 4.79 Å². The average Bonchev–Trinajstić information content (AvgIpc) is 2.83. The van der Waals surface area contributed by atoms with Crippen LogP contribution >= 0.6 is 11.6 Å². The van der Waals surface area contributed by atoms with Crippen molar-refractivity contribution in [2.24, 2.45) is 0 Å². The summed E-state index contributed by atoms with van der Waals surface area (Å²) < 4.78 is 5.24. The van der Waals surface area contributed by atoms with Crippen LogP contribution in [0.3, 0.4) is 0 Å². The molecule has 2 amide bonds. The number of nitrogen functional groups attached to an aromatic ring is 1. The Morgan fingerprint density at radius 2 is 1.95 bits per heavy atom. The second-order valence-electron chi connectivity index (χ2n) is 4.54. The molecule has 1 saturated heterocycles. The molecule has 0 saturated carbocycles. The van der Waals surface area contributed by atoms with Gasteiger partial charge in [-0.05, 0) is 11.6 Å². The Morgan fingerprint density at radius 3 is 2.68 bits per heavy atom. The Kier molecular flexibility index (Phi) is 3.16. The molecule has 2 aliphatic heterocycles. The molecule has 102 valence electrons. The van der Waals surface area contributed by atoms with Crippen LogP contribution in [0.5, 0.6) is 0 Å². The van der Waals surface area contributed by atoms with E-state index in [0.29, 0.717) is 45.2 Å². The lowest BCUT2D eigenvalue weighted by atomic mass is 10.2. The molecule has 7 nitrogen and oxygen atoms in total. The SMILES string of the molecule is Nc1nc(Cl)nc2c1CN(C(=O)N1CCOCC1)C2. The van der Waals surface area contributed by atoms with Crippen molar-refractivity contribution in [3.8, 4) is 0 Å². The van der Waals surface area contributed by atoms with E-state index in [2.05, 4.69) is 9.97 Å². The average molecular weight is 284 g/mol. The summed E-state index contributed by atoms with van der Waals surface area (Å²) in [4.78, 5) is 23.9. The normalized spacial score (nSPS) is 18.6. The predicted molar refractivity (Wildman–Crippen MR) is 68.5 cm³/mol. The number of nitrogens with two attached hydrogens (primary N) is 1. The van der Waals surface area contributed by atoms with Crippen LogP contribution in [0, 0.1) is 0 Å². The van der Waals surface area contributed by atoms with E-state index in [1.807, 2.05) is 0 Å². The largest absolute Gasteiger partial charge is 0.383 e. The molecule has 3 heterocycles. The summed E-state index contributed by atoms with van der Waals surface area (Å²) in [5.41, 5.74) is 7.34. The molecule has 2 N–H and O–H groups in total. The number of hydrogen-bond acceptors (Lipinski definition) is 5. The van der Waals surface area contributed by atoms with E-state index in [1.165, 1.54) is 0 Å². The smallest absolute Gasteiger partial charge is 0.320 e. The zero-order chi connectivity index (χ0) is 13.4. The predicted octanol–water partition coefficient (Wildman–Crippen LogP) is 0.480. The van der Waals surface area contributed by atoms with Gasteiger partial charge in [-0.3, -0.25) is 0 Å². The monoisotopic (exact) mass is 283 g/mol. The van der Waals surface area contributed by atoms with E-state index < -0.39 is 0 Å². The quantitative estimate of drug-likeness (QED) is 0.700. The Balaban J connectivity index is 1.76. The minimum Gasteiger partial charge on any atom is -0.383 e. The van der Waals surface area contributed by atoms with E-state index in [-0.39, 0.29) is 11.3 Å².